The molecule has 4 rings (SSSR count). The van der Waals surface area contributed by atoms with Gasteiger partial charge < -0.3 is 14.8 Å². The van der Waals surface area contributed by atoms with Crippen LogP contribution in [0.15, 0.2) is 72.8 Å². The number of hydrogen-bond donors (Lipinski definition) is 1. The summed E-state index contributed by atoms with van der Waals surface area (Å²) < 4.78 is 11.2. The Morgan fingerprint density at radius 2 is 1.71 bits per heavy atom. The highest BCUT2D eigenvalue weighted by Crippen LogP contribution is 2.30. The van der Waals surface area contributed by atoms with E-state index < -0.39 is 12.1 Å². The number of rotatable bonds is 4. The fourth-order valence-corrected chi connectivity index (χ4v) is 3.08. The van der Waals surface area contributed by atoms with Crippen molar-refractivity contribution in [2.75, 3.05) is 5.32 Å². The molecule has 28 heavy (non-hydrogen) atoms. The van der Waals surface area contributed by atoms with Gasteiger partial charge in [0, 0.05) is 6.42 Å². The molecule has 0 bridgehead atoms. The Kier molecular flexibility index (Phi) is 4.81. The molecule has 1 aliphatic heterocycles. The van der Waals surface area contributed by atoms with E-state index in [-0.39, 0.29) is 5.91 Å². The zero-order valence-corrected chi connectivity index (χ0v) is 15.3. The van der Waals surface area contributed by atoms with E-state index in [1.54, 1.807) is 30.3 Å². The number of benzene rings is 3. The van der Waals surface area contributed by atoms with E-state index in [9.17, 15) is 9.59 Å². The summed E-state index contributed by atoms with van der Waals surface area (Å²) in [4.78, 5) is 24.9. The highest BCUT2D eigenvalue weighted by molar-refractivity contribution is 6.00. The van der Waals surface area contributed by atoms with Crippen molar-refractivity contribution in [3.63, 3.8) is 0 Å². The summed E-state index contributed by atoms with van der Waals surface area (Å²) >= 11 is 0. The predicted octanol–water partition coefficient (Wildman–Crippen LogP) is 4.51. The molecule has 0 fully saturated rings. The lowest BCUT2D eigenvalue weighted by Gasteiger charge is -2.24. The molecule has 5 nitrogen and oxygen atoms in total. The zero-order valence-electron chi connectivity index (χ0n) is 15.3. The Labute approximate surface area is 162 Å². The number of nitrogens with one attached hydrogen (secondary N) is 1. The molecule has 5 heteroatoms. The number of esters is 1. The fourth-order valence-electron chi connectivity index (χ4n) is 3.08. The Morgan fingerprint density at radius 3 is 2.54 bits per heavy atom. The molecule has 0 aliphatic carbocycles. The summed E-state index contributed by atoms with van der Waals surface area (Å²) in [5.41, 5.74) is 2.97. The van der Waals surface area contributed by atoms with E-state index in [4.69, 9.17) is 9.47 Å². The van der Waals surface area contributed by atoms with Crippen LogP contribution in [0.1, 0.15) is 21.5 Å². The Balaban J connectivity index is 1.51. The third-order valence-corrected chi connectivity index (χ3v) is 4.58. The lowest BCUT2D eigenvalue weighted by molar-refractivity contribution is -0.125. The molecule has 0 spiro atoms. The highest BCUT2D eigenvalue weighted by atomic mass is 16.5. The SMILES string of the molecule is Cc1ccc(Oc2ccccc2NC(=O)C2Cc3ccccc3C(=O)O2)cc1. The number of fused-ring (bicyclic) bond motifs is 1. The van der Waals surface area contributed by atoms with Crippen molar-refractivity contribution in [2.24, 2.45) is 0 Å². The van der Waals surface area contributed by atoms with Crippen molar-refractivity contribution >= 4 is 17.6 Å². The minimum Gasteiger partial charge on any atom is -0.455 e. The number of amides is 1. The lowest BCUT2D eigenvalue weighted by Crippen LogP contribution is -2.38. The van der Waals surface area contributed by atoms with Crippen LogP contribution in [0.2, 0.25) is 0 Å². The minimum absolute atomic E-state index is 0.342. The van der Waals surface area contributed by atoms with Gasteiger partial charge in [-0.1, -0.05) is 48.0 Å². The van der Waals surface area contributed by atoms with E-state index in [1.165, 1.54) is 0 Å². The van der Waals surface area contributed by atoms with Gasteiger partial charge in [0.25, 0.3) is 5.91 Å². The van der Waals surface area contributed by atoms with Crippen LogP contribution in [0.4, 0.5) is 5.69 Å². The number of carbonyl (C=O) groups excluding carboxylic acids is 2. The standard InChI is InChI=1S/C23H19NO4/c1-15-10-12-17(13-11-15)27-20-9-5-4-8-19(20)24-22(25)21-14-16-6-2-3-7-18(16)23(26)28-21/h2-13,21H,14H2,1H3,(H,24,25). The first-order valence-corrected chi connectivity index (χ1v) is 9.03. The quantitative estimate of drug-likeness (QED) is 0.684. The van der Waals surface area contributed by atoms with Crippen molar-refractivity contribution < 1.29 is 19.1 Å². The summed E-state index contributed by atoms with van der Waals surface area (Å²) in [5, 5.41) is 2.82. The monoisotopic (exact) mass is 373 g/mol. The Bertz CT molecular complexity index is 1030. The second kappa shape index (κ2) is 7.56. The lowest BCUT2D eigenvalue weighted by atomic mass is 9.98. The molecule has 1 aliphatic rings. The molecular weight excluding hydrogens is 354 g/mol. The average molecular weight is 373 g/mol. The maximum Gasteiger partial charge on any atom is 0.339 e. The van der Waals surface area contributed by atoms with Crippen LogP contribution in [0.25, 0.3) is 0 Å². The van der Waals surface area contributed by atoms with Gasteiger partial charge in [0.05, 0.1) is 11.3 Å². The minimum atomic E-state index is -0.880. The van der Waals surface area contributed by atoms with Gasteiger partial charge in [-0.25, -0.2) is 4.79 Å². The molecule has 0 radical (unpaired) electrons. The first-order chi connectivity index (χ1) is 13.6. The van der Waals surface area contributed by atoms with Gasteiger partial charge in [0.1, 0.15) is 5.75 Å². The summed E-state index contributed by atoms with van der Waals surface area (Å²) in [6, 6.07) is 22.0. The smallest absolute Gasteiger partial charge is 0.339 e. The van der Waals surface area contributed by atoms with Crippen molar-refractivity contribution in [1.29, 1.82) is 0 Å². The van der Waals surface area contributed by atoms with Crippen LogP contribution in [0.3, 0.4) is 0 Å². The van der Waals surface area contributed by atoms with E-state index in [2.05, 4.69) is 5.32 Å². The summed E-state index contributed by atoms with van der Waals surface area (Å²) in [6.07, 6.45) is -0.538. The normalized spacial score (nSPS) is 15.3. The molecule has 1 N–H and O–H groups in total. The maximum absolute atomic E-state index is 12.7. The molecule has 0 saturated carbocycles. The van der Waals surface area contributed by atoms with Gasteiger partial charge in [-0.2, -0.15) is 0 Å². The molecule has 1 unspecified atom stereocenters. The van der Waals surface area contributed by atoms with Crippen LogP contribution in [-0.4, -0.2) is 18.0 Å². The molecule has 0 saturated heterocycles. The summed E-state index contributed by atoms with van der Waals surface area (Å²) in [5.74, 6) is 0.321. The van der Waals surface area contributed by atoms with Gasteiger partial charge in [0.2, 0.25) is 0 Å². The van der Waals surface area contributed by atoms with Crippen LogP contribution in [0.5, 0.6) is 11.5 Å². The third kappa shape index (κ3) is 3.74. The van der Waals surface area contributed by atoms with Gasteiger partial charge in [-0.3, -0.25) is 4.79 Å². The van der Waals surface area contributed by atoms with Gasteiger partial charge in [-0.05, 0) is 42.8 Å². The van der Waals surface area contributed by atoms with Crippen molar-refractivity contribution in [1.82, 2.24) is 0 Å². The number of cyclic esters (lactones) is 1. The third-order valence-electron chi connectivity index (χ3n) is 4.58. The molecule has 1 atom stereocenters. The fraction of sp³-hybridized carbons (Fsp3) is 0.130. The van der Waals surface area contributed by atoms with E-state index in [0.717, 1.165) is 11.1 Å². The number of carbonyl (C=O) groups is 2. The van der Waals surface area contributed by atoms with Gasteiger partial charge in [0.15, 0.2) is 11.9 Å². The van der Waals surface area contributed by atoms with Crippen LogP contribution >= 0.6 is 0 Å². The number of anilines is 1. The molecule has 3 aromatic rings. The van der Waals surface area contributed by atoms with Crippen molar-refractivity contribution in [3.05, 3.63) is 89.5 Å². The maximum atomic E-state index is 12.7. The van der Waals surface area contributed by atoms with Crippen LogP contribution in [0, 0.1) is 6.92 Å². The molecule has 0 aromatic heterocycles. The number of hydrogen-bond acceptors (Lipinski definition) is 4. The van der Waals surface area contributed by atoms with Crippen molar-refractivity contribution in [2.45, 2.75) is 19.4 Å². The zero-order chi connectivity index (χ0) is 19.5. The highest BCUT2D eigenvalue weighted by Gasteiger charge is 2.31. The number of para-hydroxylation sites is 2. The van der Waals surface area contributed by atoms with Gasteiger partial charge in [-0.15, -0.1) is 0 Å². The van der Waals surface area contributed by atoms with E-state index >= 15 is 0 Å². The average Bonchev–Trinajstić information content (AvgIpc) is 2.71. The topological polar surface area (TPSA) is 64.6 Å². The second-order valence-electron chi connectivity index (χ2n) is 6.66. The number of aryl methyl sites for hydroxylation is 1. The van der Waals surface area contributed by atoms with Crippen LogP contribution in [-0.2, 0) is 16.0 Å². The molecule has 1 heterocycles. The first-order valence-electron chi connectivity index (χ1n) is 9.03. The molecular formula is C23H19NO4. The number of ether oxygens (including phenoxy) is 2. The predicted molar refractivity (Wildman–Crippen MR) is 106 cm³/mol. The Morgan fingerprint density at radius 1 is 1.00 bits per heavy atom. The van der Waals surface area contributed by atoms with E-state index in [1.807, 2.05) is 49.4 Å². The summed E-state index contributed by atoms with van der Waals surface area (Å²) in [7, 11) is 0. The van der Waals surface area contributed by atoms with Crippen molar-refractivity contribution in [3.8, 4) is 11.5 Å². The Hall–Kier alpha value is -3.60. The van der Waals surface area contributed by atoms with E-state index in [0.29, 0.717) is 29.2 Å². The van der Waals surface area contributed by atoms with Gasteiger partial charge >= 0.3 is 5.97 Å². The largest absolute Gasteiger partial charge is 0.455 e. The molecule has 140 valence electrons. The second-order valence-corrected chi connectivity index (χ2v) is 6.66. The molecule has 1 amide bonds. The first kappa shape index (κ1) is 17.8. The van der Waals surface area contributed by atoms with Crippen LogP contribution < -0.4 is 10.1 Å². The summed E-state index contributed by atoms with van der Waals surface area (Å²) in [6.45, 7) is 2.00. The molecule has 3 aromatic carbocycles.